The number of carbonyl (C=O) groups is 2. The lowest BCUT2D eigenvalue weighted by atomic mass is 9.47. The zero-order valence-electron chi connectivity index (χ0n) is 41.4. The number of hydrogen-bond acceptors (Lipinski definition) is 6. The molecule has 5 rings (SSSR count). The molecule has 0 spiro atoms. The van der Waals surface area contributed by atoms with Crippen molar-refractivity contribution in [2.75, 3.05) is 39.4 Å². The fourth-order valence-electron chi connectivity index (χ4n) is 12.8. The molecule has 2 unspecified atom stereocenters. The van der Waals surface area contributed by atoms with E-state index in [2.05, 4.69) is 90.1 Å². The Labute approximate surface area is 376 Å². The van der Waals surface area contributed by atoms with Crippen LogP contribution in [0.25, 0.3) is 4.85 Å². The van der Waals surface area contributed by atoms with E-state index in [4.69, 9.17) is 21.7 Å². The fraction of sp³-hybridized carbons (Fsp3) is 0.902. The number of nitrogens with one attached hydrogen (secondary N) is 1. The number of fused-ring (bicyclic) bond motifs is 5. The lowest BCUT2D eigenvalue weighted by molar-refractivity contribution is -0.133. The molecule has 0 aromatic rings. The number of piperidine rings is 1. The van der Waals surface area contributed by atoms with Gasteiger partial charge < -0.3 is 28.8 Å². The molecule has 61 heavy (non-hydrogen) atoms. The molecule has 0 aromatic heterocycles. The molecule has 4 fully saturated rings. The van der Waals surface area contributed by atoms with Gasteiger partial charge >= 0.3 is 6.09 Å². The highest BCUT2D eigenvalue weighted by Gasteiger charge is 2.59. The zero-order chi connectivity index (χ0) is 45.2. The van der Waals surface area contributed by atoms with E-state index in [9.17, 15) is 9.59 Å². The topological polar surface area (TPSA) is 84.7 Å². The number of hydrogen-bond donors (Lipinski definition) is 1. The molecule has 4 aliphatic carbocycles. The van der Waals surface area contributed by atoms with Crippen molar-refractivity contribution in [1.82, 2.24) is 14.9 Å². The number of ether oxygens (including phenoxy) is 1. The van der Waals surface area contributed by atoms with Crippen molar-refractivity contribution in [1.29, 1.82) is 0 Å². The van der Waals surface area contributed by atoms with Crippen molar-refractivity contribution in [3.8, 4) is 0 Å². The van der Waals surface area contributed by atoms with Crippen LogP contribution in [-0.2, 0) is 18.6 Å². The third kappa shape index (κ3) is 12.6. The van der Waals surface area contributed by atoms with E-state index in [1.807, 2.05) is 4.90 Å². The van der Waals surface area contributed by atoms with Crippen LogP contribution in [0.1, 0.15) is 180 Å². The molecule has 348 valence electrons. The maximum absolute atomic E-state index is 13.2. The predicted molar refractivity (Wildman–Crippen MR) is 251 cm³/mol. The van der Waals surface area contributed by atoms with Crippen molar-refractivity contribution in [3.63, 3.8) is 0 Å². The Bertz CT molecular complexity index is 1500. The first kappa shape index (κ1) is 48.7. The van der Waals surface area contributed by atoms with E-state index >= 15 is 0 Å². The molecule has 10 atom stereocenters. The van der Waals surface area contributed by atoms with Gasteiger partial charge in [0, 0.05) is 45.9 Å². The van der Waals surface area contributed by atoms with Gasteiger partial charge in [0.1, 0.15) is 12.7 Å². The second kappa shape index (κ2) is 22.5. The summed E-state index contributed by atoms with van der Waals surface area (Å²) < 4.78 is 29.2. The van der Waals surface area contributed by atoms with Crippen molar-refractivity contribution in [2.45, 2.75) is 197 Å². The fourth-order valence-corrected chi connectivity index (χ4v) is 14.5. The van der Waals surface area contributed by atoms with Crippen LogP contribution in [0.15, 0.2) is 11.6 Å². The van der Waals surface area contributed by atoms with E-state index < -0.39 is 8.53 Å². The van der Waals surface area contributed by atoms with Crippen LogP contribution in [0.2, 0.25) is 0 Å². The molecule has 3 saturated carbocycles. The van der Waals surface area contributed by atoms with Crippen LogP contribution < -0.4 is 5.32 Å². The van der Waals surface area contributed by atoms with Gasteiger partial charge in [-0.25, -0.2) is 16.0 Å². The monoisotopic (exact) mass is 871 g/mol. The van der Waals surface area contributed by atoms with Gasteiger partial charge in [0.05, 0.1) is 6.61 Å². The summed E-state index contributed by atoms with van der Waals surface area (Å²) in [6, 6.07) is 0.451. The van der Waals surface area contributed by atoms with Crippen LogP contribution in [0.4, 0.5) is 4.79 Å². The van der Waals surface area contributed by atoms with Crippen molar-refractivity contribution >= 4 is 20.5 Å². The molecule has 5 aliphatic rings. The summed E-state index contributed by atoms with van der Waals surface area (Å²) in [5, 5.41) is 3.01. The Kier molecular flexibility index (Phi) is 17.9. The van der Waals surface area contributed by atoms with Gasteiger partial charge in [-0.1, -0.05) is 79.4 Å². The van der Waals surface area contributed by atoms with Crippen molar-refractivity contribution in [3.05, 3.63) is 23.1 Å². The largest absolute Gasteiger partial charge is 0.446 e. The quantitative estimate of drug-likeness (QED) is 0.0535. The summed E-state index contributed by atoms with van der Waals surface area (Å²) in [6.07, 6.45) is 19.2. The molecular formula is C51H89N4O5P. The van der Waals surface area contributed by atoms with E-state index in [0.29, 0.717) is 51.2 Å². The maximum Gasteiger partial charge on any atom is 0.407 e. The smallest absolute Gasteiger partial charge is 0.407 e. The first-order valence-electron chi connectivity index (χ1n) is 25.6. The first-order valence-corrected chi connectivity index (χ1v) is 26.0. The lowest BCUT2D eigenvalue weighted by Gasteiger charge is -2.58. The van der Waals surface area contributed by atoms with Crippen LogP contribution in [0.5, 0.6) is 0 Å². The van der Waals surface area contributed by atoms with Crippen LogP contribution in [0, 0.1) is 64.2 Å². The Balaban J connectivity index is 0.984. The van der Waals surface area contributed by atoms with Crippen LogP contribution in [0.3, 0.4) is 0 Å². The van der Waals surface area contributed by atoms with Crippen molar-refractivity contribution < 1.29 is 24.7 Å². The summed E-state index contributed by atoms with van der Waals surface area (Å²) >= 11 is 0. The van der Waals surface area contributed by atoms with E-state index in [0.717, 1.165) is 92.8 Å². The minimum atomic E-state index is -1.35. The van der Waals surface area contributed by atoms with E-state index in [1.165, 1.54) is 44.9 Å². The highest BCUT2D eigenvalue weighted by atomic mass is 31.2. The molecule has 10 heteroatoms. The van der Waals surface area contributed by atoms with Gasteiger partial charge in [-0.3, -0.25) is 4.79 Å². The molecule has 1 saturated heterocycles. The Hall–Kier alpha value is -1.72. The standard InChI is InChI=1S/C51H89N4O5P/c1-36(2)39(7)17-18-40(8)44-21-22-45-43-20-19-41-34-42(23-25-50(41,10)46(43)24-26-51(44,45)11)60-48(57)53-29-15-13-14-16-47(56)54-31-27-49(9,28-32-54)35-59-61(58-33-30-52-12)55(37(3)4)38(5)6/h19,36-40,42-46H,13-18,20-35H2,1-11H3,(H,53,57)/t39?,40-,42+,43+,44-,45+,46+,50+,51-,61?/m1/s1/i9T. The molecule has 1 N–H and O–H groups in total. The predicted octanol–water partition coefficient (Wildman–Crippen LogP) is 12.9. The summed E-state index contributed by atoms with van der Waals surface area (Å²) in [5.41, 5.74) is 1.98. The van der Waals surface area contributed by atoms with Gasteiger partial charge in [-0.2, -0.15) is 0 Å². The highest BCUT2D eigenvalue weighted by molar-refractivity contribution is 7.44. The Morgan fingerprint density at radius 3 is 2.36 bits per heavy atom. The second-order valence-electron chi connectivity index (χ2n) is 21.9. The van der Waals surface area contributed by atoms with Crippen LogP contribution >= 0.6 is 8.53 Å². The maximum atomic E-state index is 13.2. The second-order valence-corrected chi connectivity index (χ2v) is 23.4. The van der Waals surface area contributed by atoms with Crippen molar-refractivity contribution in [2.24, 2.45) is 57.7 Å². The van der Waals surface area contributed by atoms with E-state index in [1.54, 1.807) is 5.57 Å². The number of amides is 2. The summed E-state index contributed by atoms with van der Waals surface area (Å²) in [5.74, 6) is 5.87. The number of allylic oxidation sites excluding steroid dienone is 1. The minimum absolute atomic E-state index is 0.0480. The average Bonchev–Trinajstić information content (AvgIpc) is 3.60. The number of alkyl carbamates (subject to hydrolysis) is 1. The molecule has 1 aliphatic heterocycles. The molecule has 0 aromatic carbocycles. The minimum Gasteiger partial charge on any atom is -0.446 e. The third-order valence-electron chi connectivity index (χ3n) is 17.0. The molecular weight excluding hydrogens is 780 g/mol. The van der Waals surface area contributed by atoms with Gasteiger partial charge in [0.25, 0.3) is 8.53 Å². The van der Waals surface area contributed by atoms with Gasteiger partial charge in [0.15, 0.2) is 0 Å². The zero-order valence-corrected chi connectivity index (χ0v) is 41.3. The van der Waals surface area contributed by atoms with Gasteiger partial charge in [0.2, 0.25) is 12.5 Å². The molecule has 1 heterocycles. The van der Waals surface area contributed by atoms with E-state index in [-0.39, 0.29) is 47.9 Å². The highest BCUT2D eigenvalue weighted by Crippen LogP contribution is 2.67. The summed E-state index contributed by atoms with van der Waals surface area (Å²) in [4.78, 5) is 31.5. The molecule has 9 nitrogen and oxygen atoms in total. The summed E-state index contributed by atoms with van der Waals surface area (Å²) in [7, 11) is -1.35. The average molecular weight is 871 g/mol. The number of unbranched alkanes of at least 4 members (excludes halogenated alkanes) is 2. The SMILES string of the molecule is [3H]CC1(COP(OCC[N+]#[C-])N(C(C)C)C(C)C)CCN(C(=O)CCCCCNC(=O)O[C@H]2CC[C@@]3(C)C(=CC[C@H]4[C@@H]5CC[C@H]([C@H](C)CCC(C)C(C)C)[C@@]5(C)CC[C@@H]43)C2)CC1. The number of rotatable bonds is 21. The molecule has 0 bridgehead atoms. The lowest BCUT2D eigenvalue weighted by Crippen LogP contribution is -2.51. The molecule has 2 amide bonds. The number of nitrogens with zero attached hydrogens (tertiary/aromatic N) is 3. The number of carbonyl (C=O) groups excluding carboxylic acids is 2. The van der Waals surface area contributed by atoms with Crippen LogP contribution in [-0.4, -0.2) is 79.2 Å². The van der Waals surface area contributed by atoms with Gasteiger partial charge in [-0.15, -0.1) is 0 Å². The first-order chi connectivity index (χ1) is 29.5. The van der Waals surface area contributed by atoms with Gasteiger partial charge in [-0.05, 0) is 156 Å². The molecule has 0 radical (unpaired) electrons. The Morgan fingerprint density at radius 1 is 0.951 bits per heavy atom. The Morgan fingerprint density at radius 2 is 1.69 bits per heavy atom. The number of likely N-dealkylation sites (tertiary alicyclic amines) is 1. The normalized spacial score (nSPS) is 31.4. The summed E-state index contributed by atoms with van der Waals surface area (Å²) in [6.45, 7) is 33.8. The third-order valence-corrected chi connectivity index (χ3v) is 19.0.